The Labute approximate surface area is 174 Å². The smallest absolute Gasteiger partial charge is 0.433 e. The van der Waals surface area contributed by atoms with Gasteiger partial charge in [0.15, 0.2) is 0 Å². The van der Waals surface area contributed by atoms with Crippen molar-refractivity contribution in [2.75, 3.05) is 7.11 Å². The van der Waals surface area contributed by atoms with Crippen LogP contribution < -0.4 is 5.43 Å². The second-order valence-electron chi connectivity index (χ2n) is 8.24. The molecule has 166 valence electrons. The number of ketones is 1. The third-order valence-corrected chi connectivity index (χ3v) is 3.28. The largest absolute Gasteiger partial charge is 0.465 e. The molecule has 1 aromatic rings. The molecule has 1 N–H and O–H groups in total. The summed E-state index contributed by atoms with van der Waals surface area (Å²) in [5.41, 5.74) is -0.600. The summed E-state index contributed by atoms with van der Waals surface area (Å²) in [5.74, 6) is -6.95. The van der Waals surface area contributed by atoms with Gasteiger partial charge in [-0.2, -0.15) is 9.40 Å². The number of esters is 1. The van der Waals surface area contributed by atoms with E-state index in [1.54, 1.807) is 11.5 Å². The van der Waals surface area contributed by atoms with Crippen molar-refractivity contribution in [1.82, 2.24) is 10.4 Å². The molecule has 0 aliphatic carbocycles. The van der Waals surface area contributed by atoms with Gasteiger partial charge in [0.2, 0.25) is 5.78 Å². The van der Waals surface area contributed by atoms with Crippen molar-refractivity contribution >= 4 is 23.9 Å². The average Bonchev–Trinajstić information content (AvgIpc) is 2.62. The monoisotopic (exact) mass is 426 g/mol. The van der Waals surface area contributed by atoms with Crippen LogP contribution >= 0.6 is 0 Å². The van der Waals surface area contributed by atoms with E-state index in [2.05, 4.69) is 4.74 Å². The highest BCUT2D eigenvalue weighted by Crippen LogP contribution is 2.26. The normalized spacial score (nSPS) is 13.5. The Morgan fingerprint density at radius 1 is 0.900 bits per heavy atom. The third kappa shape index (κ3) is 6.43. The minimum absolute atomic E-state index is 0.159. The van der Waals surface area contributed by atoms with Crippen LogP contribution in [0, 0.1) is 0 Å². The molecule has 0 saturated carbocycles. The molecular formula is C20H27FN2O7. The number of alkyl halides is 1. The number of rotatable bonds is 4. The zero-order valence-corrected chi connectivity index (χ0v) is 18.1. The van der Waals surface area contributed by atoms with Crippen LogP contribution in [0.1, 0.15) is 51.9 Å². The highest BCUT2D eigenvalue weighted by molar-refractivity contribution is 6.16. The molecule has 0 aliphatic rings. The quantitative estimate of drug-likeness (QED) is 0.196. The second-order valence-corrected chi connectivity index (χ2v) is 8.24. The first-order valence-electron chi connectivity index (χ1n) is 9.02. The first kappa shape index (κ1) is 24.9. The van der Waals surface area contributed by atoms with Crippen LogP contribution in [0.3, 0.4) is 0 Å². The van der Waals surface area contributed by atoms with Crippen LogP contribution in [0.2, 0.25) is 0 Å². The summed E-state index contributed by atoms with van der Waals surface area (Å²) in [6, 6.07) is 6.91. The van der Waals surface area contributed by atoms with E-state index < -0.39 is 40.9 Å². The minimum Gasteiger partial charge on any atom is -0.465 e. The summed E-state index contributed by atoms with van der Waals surface area (Å²) in [6.07, 6.45) is -2.80. The third-order valence-electron chi connectivity index (χ3n) is 3.28. The maximum atomic E-state index is 16.1. The molecule has 0 fully saturated rings. The van der Waals surface area contributed by atoms with Crippen LogP contribution in [0.25, 0.3) is 0 Å². The van der Waals surface area contributed by atoms with Gasteiger partial charge in [-0.15, -0.1) is 0 Å². The van der Waals surface area contributed by atoms with Gasteiger partial charge in [-0.25, -0.2) is 19.8 Å². The number of hydrogen-bond acceptors (Lipinski definition) is 7. The van der Waals surface area contributed by atoms with Crippen molar-refractivity contribution in [3.8, 4) is 0 Å². The summed E-state index contributed by atoms with van der Waals surface area (Å²) in [5, 5.41) is -0.159. The van der Waals surface area contributed by atoms with E-state index in [0.29, 0.717) is 0 Å². The molecule has 9 nitrogen and oxygen atoms in total. The number of amides is 2. The predicted molar refractivity (Wildman–Crippen MR) is 104 cm³/mol. The molecule has 0 aromatic heterocycles. The first-order chi connectivity index (χ1) is 13.6. The van der Waals surface area contributed by atoms with Crippen LogP contribution in [-0.4, -0.2) is 53.1 Å². The summed E-state index contributed by atoms with van der Waals surface area (Å²) in [7, 11) is 0.829. The van der Waals surface area contributed by atoms with Gasteiger partial charge in [-0.3, -0.25) is 4.79 Å². The van der Waals surface area contributed by atoms with Gasteiger partial charge in [0.25, 0.3) is 0 Å². The Morgan fingerprint density at radius 2 is 1.40 bits per heavy atom. The van der Waals surface area contributed by atoms with Crippen molar-refractivity contribution in [3.63, 3.8) is 0 Å². The van der Waals surface area contributed by atoms with Crippen LogP contribution in [-0.2, 0) is 19.0 Å². The molecular weight excluding hydrogens is 399 g/mol. The lowest BCUT2D eigenvalue weighted by molar-refractivity contribution is -0.165. The van der Waals surface area contributed by atoms with E-state index in [4.69, 9.17) is 9.47 Å². The van der Waals surface area contributed by atoms with E-state index in [0.717, 1.165) is 7.11 Å². The zero-order chi connectivity index (χ0) is 23.3. The van der Waals surface area contributed by atoms with Gasteiger partial charge in [0.05, 0.1) is 7.11 Å². The van der Waals surface area contributed by atoms with Gasteiger partial charge in [-0.05, 0) is 41.5 Å². The molecule has 0 heterocycles. The van der Waals surface area contributed by atoms with Crippen molar-refractivity contribution in [2.45, 2.75) is 58.5 Å². The van der Waals surface area contributed by atoms with Crippen LogP contribution in [0.15, 0.2) is 30.3 Å². The Kier molecular flexibility index (Phi) is 7.54. The van der Waals surface area contributed by atoms with Gasteiger partial charge in [-0.1, -0.05) is 30.3 Å². The summed E-state index contributed by atoms with van der Waals surface area (Å²) in [6.45, 7) is 9.03. The van der Waals surface area contributed by atoms with E-state index in [9.17, 15) is 19.2 Å². The Balaban J connectivity index is 3.51. The Morgan fingerprint density at radius 3 is 1.83 bits per heavy atom. The standard InChI is InChI=1S/C20H27FN2O7/c1-18(2,3)29-16(26)22-23(17(27)30-19(4,5)6)20(21,15(25)28-7)14(24)13-11-9-8-10-12-13/h8-12H,1-7H3,(H,22,26). The number of carbonyl (C=O) groups excluding carboxylic acids is 4. The molecule has 0 saturated heterocycles. The number of hydrazine groups is 1. The number of nitrogens with zero attached hydrogens (tertiary/aromatic N) is 1. The van der Waals surface area contributed by atoms with Gasteiger partial charge in [0, 0.05) is 5.56 Å². The van der Waals surface area contributed by atoms with Gasteiger partial charge < -0.3 is 14.2 Å². The summed E-state index contributed by atoms with van der Waals surface area (Å²) in [4.78, 5) is 50.2. The van der Waals surface area contributed by atoms with Crippen molar-refractivity contribution in [1.29, 1.82) is 0 Å². The fourth-order valence-electron chi connectivity index (χ4n) is 2.15. The van der Waals surface area contributed by atoms with Crippen molar-refractivity contribution < 1.29 is 37.8 Å². The molecule has 0 aliphatic heterocycles. The number of nitrogens with one attached hydrogen (secondary N) is 1. The molecule has 1 unspecified atom stereocenters. The lowest BCUT2D eigenvalue weighted by atomic mass is 10.0. The average molecular weight is 426 g/mol. The Hall–Kier alpha value is -3.17. The highest BCUT2D eigenvalue weighted by atomic mass is 19.1. The lowest BCUT2D eigenvalue weighted by Crippen LogP contribution is -2.66. The molecule has 1 atom stereocenters. The fourth-order valence-corrected chi connectivity index (χ4v) is 2.15. The van der Waals surface area contributed by atoms with E-state index >= 15 is 4.39 Å². The number of hydrogen-bond donors (Lipinski definition) is 1. The van der Waals surface area contributed by atoms with Crippen LogP contribution in [0.4, 0.5) is 14.0 Å². The molecule has 10 heteroatoms. The molecule has 0 radical (unpaired) electrons. The minimum atomic E-state index is -3.77. The molecule has 2 amide bonds. The molecule has 30 heavy (non-hydrogen) atoms. The number of ether oxygens (including phenoxy) is 3. The number of carbonyl (C=O) groups is 4. The van der Waals surface area contributed by atoms with E-state index in [-0.39, 0.29) is 10.6 Å². The Bertz CT molecular complexity index is 800. The summed E-state index contributed by atoms with van der Waals surface area (Å²) < 4.78 is 30.6. The van der Waals surface area contributed by atoms with Gasteiger partial charge >= 0.3 is 23.9 Å². The maximum Gasteiger partial charge on any atom is 0.433 e. The predicted octanol–water partition coefficient (Wildman–Crippen LogP) is 3.38. The number of Topliss-reactive ketones (excluding diaryl/α,β-unsaturated/α-hetero) is 1. The topological polar surface area (TPSA) is 111 Å². The van der Waals surface area contributed by atoms with Crippen LogP contribution in [0.5, 0.6) is 0 Å². The van der Waals surface area contributed by atoms with Gasteiger partial charge in [0.1, 0.15) is 11.2 Å². The maximum absolute atomic E-state index is 16.1. The zero-order valence-electron chi connectivity index (χ0n) is 18.1. The van der Waals surface area contributed by atoms with E-state index in [1.807, 2.05) is 0 Å². The summed E-state index contributed by atoms with van der Waals surface area (Å²) >= 11 is 0. The molecule has 1 aromatic carbocycles. The first-order valence-corrected chi connectivity index (χ1v) is 9.02. The highest BCUT2D eigenvalue weighted by Gasteiger charge is 2.58. The van der Waals surface area contributed by atoms with E-state index in [1.165, 1.54) is 65.8 Å². The molecule has 1 rings (SSSR count). The van der Waals surface area contributed by atoms with Crippen molar-refractivity contribution in [3.05, 3.63) is 35.9 Å². The number of methoxy groups -OCH3 is 1. The lowest BCUT2D eigenvalue weighted by Gasteiger charge is -2.35. The molecule has 0 bridgehead atoms. The number of halogens is 1. The SMILES string of the molecule is COC(=O)C(F)(C(=O)c1ccccc1)N(NC(=O)OC(C)(C)C)C(=O)OC(C)(C)C. The van der Waals surface area contributed by atoms with Crippen molar-refractivity contribution in [2.24, 2.45) is 0 Å². The number of benzene rings is 1. The second kappa shape index (κ2) is 9.10. The molecule has 0 spiro atoms. The fraction of sp³-hybridized carbons (Fsp3) is 0.500.